The first-order valence-corrected chi connectivity index (χ1v) is 4.06. The van der Waals surface area contributed by atoms with Crippen LogP contribution in [0.4, 0.5) is 0 Å². The van der Waals surface area contributed by atoms with Gasteiger partial charge in [0.15, 0.2) is 11.5 Å². The van der Waals surface area contributed by atoms with Crippen LogP contribution in [0.2, 0.25) is 0 Å². The third-order valence-electron chi connectivity index (χ3n) is 1.87. The summed E-state index contributed by atoms with van der Waals surface area (Å²) in [5, 5.41) is 9.52. The van der Waals surface area contributed by atoms with Crippen LogP contribution in [0.15, 0.2) is 18.2 Å². The summed E-state index contributed by atoms with van der Waals surface area (Å²) in [5.74, 6) is 1.50. The normalized spacial score (nSPS) is 13.9. The van der Waals surface area contributed by atoms with Crippen molar-refractivity contribution >= 4 is 6.08 Å². The van der Waals surface area contributed by atoms with Gasteiger partial charge in [-0.25, -0.2) is 0 Å². The summed E-state index contributed by atoms with van der Waals surface area (Å²) >= 11 is 0. The van der Waals surface area contributed by atoms with Gasteiger partial charge in [0.25, 0.3) is 0 Å². The summed E-state index contributed by atoms with van der Waals surface area (Å²) in [6.45, 7) is 2.12. The van der Waals surface area contributed by atoms with Crippen LogP contribution in [0.5, 0.6) is 17.2 Å². The van der Waals surface area contributed by atoms with Crippen molar-refractivity contribution in [3.8, 4) is 17.2 Å². The molecule has 1 N–H and O–H groups in total. The first kappa shape index (κ1) is 7.98. The largest absolute Gasteiger partial charge is 0.507 e. The second-order valence-electron chi connectivity index (χ2n) is 2.76. The van der Waals surface area contributed by atoms with Crippen molar-refractivity contribution in [2.24, 2.45) is 0 Å². The number of fused-ring (bicyclic) bond motifs is 1. The monoisotopic (exact) mass is 178 g/mol. The molecule has 3 heteroatoms. The van der Waals surface area contributed by atoms with E-state index in [2.05, 4.69) is 0 Å². The van der Waals surface area contributed by atoms with E-state index in [1.165, 1.54) is 0 Å². The van der Waals surface area contributed by atoms with Crippen LogP contribution in [0, 0.1) is 0 Å². The van der Waals surface area contributed by atoms with E-state index in [0.717, 1.165) is 5.56 Å². The Labute approximate surface area is 76.2 Å². The van der Waals surface area contributed by atoms with Crippen LogP contribution in [-0.4, -0.2) is 11.9 Å². The first-order chi connectivity index (χ1) is 6.31. The van der Waals surface area contributed by atoms with Gasteiger partial charge in [-0.2, -0.15) is 0 Å². The van der Waals surface area contributed by atoms with E-state index in [1.807, 2.05) is 19.1 Å². The molecule has 1 aromatic carbocycles. The highest BCUT2D eigenvalue weighted by atomic mass is 16.7. The molecule has 0 atom stereocenters. The number of aromatic hydroxyl groups is 1. The number of ether oxygens (including phenoxy) is 2. The molecule has 13 heavy (non-hydrogen) atoms. The molecule has 0 radical (unpaired) electrons. The van der Waals surface area contributed by atoms with Gasteiger partial charge in [-0.05, 0) is 13.0 Å². The van der Waals surface area contributed by atoms with E-state index in [9.17, 15) is 5.11 Å². The maximum absolute atomic E-state index is 9.52. The van der Waals surface area contributed by atoms with Gasteiger partial charge in [0, 0.05) is 11.6 Å². The Morgan fingerprint density at radius 1 is 1.31 bits per heavy atom. The molecule has 0 aromatic heterocycles. The minimum atomic E-state index is 0.211. The highest BCUT2D eigenvalue weighted by Crippen LogP contribution is 2.37. The topological polar surface area (TPSA) is 38.7 Å². The summed E-state index contributed by atoms with van der Waals surface area (Å²) < 4.78 is 10.3. The Balaban J connectivity index is 2.49. The quantitative estimate of drug-likeness (QED) is 0.716. The van der Waals surface area contributed by atoms with E-state index in [-0.39, 0.29) is 12.5 Å². The summed E-state index contributed by atoms with van der Waals surface area (Å²) in [5.41, 5.74) is 0.742. The van der Waals surface area contributed by atoms with Crippen LogP contribution < -0.4 is 9.47 Å². The molecule has 2 rings (SSSR count). The molecular formula is C10H10O3. The number of phenolic OH excluding ortho intramolecular Hbond substituents is 1. The molecule has 0 bridgehead atoms. The van der Waals surface area contributed by atoms with E-state index in [4.69, 9.17) is 9.47 Å². The maximum atomic E-state index is 9.52. The number of allylic oxidation sites excluding steroid dienone is 1. The predicted octanol–water partition coefficient (Wildman–Crippen LogP) is 2.15. The number of hydrogen-bond acceptors (Lipinski definition) is 3. The van der Waals surface area contributed by atoms with E-state index >= 15 is 0 Å². The lowest BCUT2D eigenvalue weighted by Crippen LogP contribution is -1.92. The zero-order valence-electron chi connectivity index (χ0n) is 7.28. The molecule has 1 aromatic rings. The molecule has 0 saturated carbocycles. The second-order valence-corrected chi connectivity index (χ2v) is 2.76. The molecule has 1 heterocycles. The van der Waals surface area contributed by atoms with Gasteiger partial charge in [0.2, 0.25) is 6.79 Å². The lowest BCUT2D eigenvalue weighted by atomic mass is 10.1. The smallest absolute Gasteiger partial charge is 0.231 e. The first-order valence-electron chi connectivity index (χ1n) is 4.06. The summed E-state index contributed by atoms with van der Waals surface area (Å²) in [7, 11) is 0. The average Bonchev–Trinajstić information content (AvgIpc) is 2.52. The van der Waals surface area contributed by atoms with Crippen molar-refractivity contribution in [2.45, 2.75) is 6.92 Å². The fourth-order valence-corrected chi connectivity index (χ4v) is 1.26. The van der Waals surface area contributed by atoms with Crippen molar-refractivity contribution in [1.29, 1.82) is 0 Å². The van der Waals surface area contributed by atoms with E-state index < -0.39 is 0 Å². The molecule has 0 aliphatic carbocycles. The van der Waals surface area contributed by atoms with Crippen LogP contribution in [0.25, 0.3) is 6.08 Å². The Morgan fingerprint density at radius 3 is 2.69 bits per heavy atom. The van der Waals surface area contributed by atoms with Gasteiger partial charge < -0.3 is 14.6 Å². The Bertz CT molecular complexity index is 355. The Kier molecular flexibility index (Phi) is 1.85. The SMILES string of the molecule is C/C=C\c1cc2c(cc1O)OCO2. The number of rotatable bonds is 1. The maximum Gasteiger partial charge on any atom is 0.231 e. The summed E-state index contributed by atoms with van der Waals surface area (Å²) in [4.78, 5) is 0. The van der Waals surface area contributed by atoms with Crippen molar-refractivity contribution in [3.63, 3.8) is 0 Å². The molecule has 1 aliphatic heterocycles. The van der Waals surface area contributed by atoms with Crippen molar-refractivity contribution in [3.05, 3.63) is 23.8 Å². The van der Waals surface area contributed by atoms with Crippen LogP contribution in [0.1, 0.15) is 12.5 Å². The fourth-order valence-electron chi connectivity index (χ4n) is 1.26. The fraction of sp³-hybridized carbons (Fsp3) is 0.200. The standard InChI is InChI=1S/C10H10O3/c1-2-3-7-4-9-10(5-8(7)11)13-6-12-9/h2-5,11H,6H2,1H3/b3-2-. The highest BCUT2D eigenvalue weighted by molar-refractivity contribution is 5.63. The van der Waals surface area contributed by atoms with Crippen LogP contribution in [0.3, 0.4) is 0 Å². The molecule has 0 spiro atoms. The van der Waals surface area contributed by atoms with Crippen molar-refractivity contribution in [1.82, 2.24) is 0 Å². The molecule has 0 fully saturated rings. The number of benzene rings is 1. The third kappa shape index (κ3) is 1.33. The molecular weight excluding hydrogens is 168 g/mol. The van der Waals surface area contributed by atoms with Gasteiger partial charge in [0.1, 0.15) is 5.75 Å². The molecule has 3 nitrogen and oxygen atoms in total. The lowest BCUT2D eigenvalue weighted by Gasteiger charge is -2.01. The summed E-state index contributed by atoms with van der Waals surface area (Å²) in [6.07, 6.45) is 3.68. The average molecular weight is 178 g/mol. The van der Waals surface area contributed by atoms with Gasteiger partial charge in [0.05, 0.1) is 0 Å². The van der Waals surface area contributed by atoms with E-state index in [0.29, 0.717) is 11.5 Å². The highest BCUT2D eigenvalue weighted by Gasteiger charge is 2.15. The van der Waals surface area contributed by atoms with Crippen molar-refractivity contribution < 1.29 is 14.6 Å². The van der Waals surface area contributed by atoms with Gasteiger partial charge in [-0.3, -0.25) is 0 Å². The number of hydrogen-bond donors (Lipinski definition) is 1. The van der Waals surface area contributed by atoms with Gasteiger partial charge in [-0.15, -0.1) is 0 Å². The molecule has 0 amide bonds. The molecule has 68 valence electrons. The van der Waals surface area contributed by atoms with Crippen LogP contribution in [-0.2, 0) is 0 Å². The summed E-state index contributed by atoms with van der Waals surface area (Å²) in [6, 6.07) is 3.33. The van der Waals surface area contributed by atoms with Gasteiger partial charge >= 0.3 is 0 Å². The zero-order valence-corrected chi connectivity index (χ0v) is 7.28. The minimum Gasteiger partial charge on any atom is -0.507 e. The van der Waals surface area contributed by atoms with Gasteiger partial charge in [-0.1, -0.05) is 12.2 Å². The minimum absolute atomic E-state index is 0.211. The van der Waals surface area contributed by atoms with E-state index in [1.54, 1.807) is 12.1 Å². The molecule has 1 aliphatic rings. The van der Waals surface area contributed by atoms with Crippen LogP contribution >= 0.6 is 0 Å². The third-order valence-corrected chi connectivity index (χ3v) is 1.87. The zero-order chi connectivity index (χ0) is 9.26. The Morgan fingerprint density at radius 2 is 2.00 bits per heavy atom. The molecule has 0 unspecified atom stereocenters. The molecule has 0 saturated heterocycles. The number of phenols is 1. The Hall–Kier alpha value is -1.64. The van der Waals surface area contributed by atoms with Crippen molar-refractivity contribution in [2.75, 3.05) is 6.79 Å². The lowest BCUT2D eigenvalue weighted by molar-refractivity contribution is 0.174. The predicted molar refractivity (Wildman–Crippen MR) is 48.9 cm³/mol. The second kappa shape index (κ2) is 3.01.